The molecule has 1 heterocycles. The van der Waals surface area contributed by atoms with Gasteiger partial charge in [0.2, 0.25) is 5.60 Å². The second-order valence-corrected chi connectivity index (χ2v) is 6.94. The lowest BCUT2D eigenvalue weighted by molar-refractivity contribution is -0.167. The largest absolute Gasteiger partial charge is 0.381 e. The molecule has 1 aliphatic heterocycles. The number of rotatable bonds is 3. The Morgan fingerprint density at radius 3 is 2.42 bits per heavy atom. The van der Waals surface area contributed by atoms with Crippen LogP contribution in [-0.2, 0) is 14.5 Å². The number of oxime groups is 2. The molecule has 1 aromatic carbocycles. The summed E-state index contributed by atoms with van der Waals surface area (Å²) in [7, 11) is 0. The van der Waals surface area contributed by atoms with Gasteiger partial charge in [0.15, 0.2) is 0 Å². The average molecular weight is 338 g/mol. The zero-order valence-corrected chi connectivity index (χ0v) is 14.3. The third kappa shape index (κ3) is 3.60. The van der Waals surface area contributed by atoms with E-state index in [9.17, 15) is 13.6 Å². The number of benzene rings is 1. The Labute approximate surface area is 139 Å². The topological polar surface area (TPSA) is 60.2 Å². The molecule has 0 spiro atoms. The van der Waals surface area contributed by atoms with E-state index in [4.69, 9.17) is 9.68 Å². The molecule has 0 saturated carbocycles. The second-order valence-electron chi connectivity index (χ2n) is 6.94. The van der Waals surface area contributed by atoms with Crippen LogP contribution in [0.15, 0.2) is 28.5 Å². The van der Waals surface area contributed by atoms with Gasteiger partial charge in [0.25, 0.3) is 0 Å². The maximum atomic E-state index is 13.7. The number of carbonyl (C=O) groups excluding carboxylic acids is 1. The van der Waals surface area contributed by atoms with E-state index in [2.05, 4.69) is 10.3 Å². The first-order valence-electron chi connectivity index (χ1n) is 7.50. The fourth-order valence-corrected chi connectivity index (χ4v) is 2.15. The van der Waals surface area contributed by atoms with E-state index in [0.29, 0.717) is 0 Å². The van der Waals surface area contributed by atoms with Gasteiger partial charge in [-0.1, -0.05) is 37.1 Å². The highest BCUT2D eigenvalue weighted by atomic mass is 19.1. The van der Waals surface area contributed by atoms with Crippen LogP contribution in [0.5, 0.6) is 0 Å². The molecule has 1 aromatic rings. The maximum Gasteiger partial charge on any atom is 0.381 e. The summed E-state index contributed by atoms with van der Waals surface area (Å²) < 4.78 is 27.4. The van der Waals surface area contributed by atoms with Gasteiger partial charge < -0.3 is 9.68 Å². The third-order valence-corrected chi connectivity index (χ3v) is 3.75. The minimum absolute atomic E-state index is 0.0856. The van der Waals surface area contributed by atoms with Gasteiger partial charge in [-0.3, -0.25) is 0 Å². The molecular formula is C17H20F2N2O3. The number of hydrogen-bond acceptors (Lipinski definition) is 5. The summed E-state index contributed by atoms with van der Waals surface area (Å²) in [6, 6.07) is 3.44. The summed E-state index contributed by atoms with van der Waals surface area (Å²) in [5, 5.41) is 7.49. The van der Waals surface area contributed by atoms with Gasteiger partial charge in [0.1, 0.15) is 11.6 Å². The Morgan fingerprint density at radius 2 is 1.92 bits per heavy atom. The van der Waals surface area contributed by atoms with Crippen LogP contribution in [0.25, 0.3) is 0 Å². The molecule has 0 saturated heterocycles. The summed E-state index contributed by atoms with van der Waals surface area (Å²) in [6.07, 6.45) is 0.262. The van der Waals surface area contributed by atoms with E-state index < -0.39 is 23.2 Å². The van der Waals surface area contributed by atoms with E-state index in [1.54, 1.807) is 0 Å². The molecule has 7 heteroatoms. The fraction of sp³-hybridized carbons (Fsp3) is 0.471. The minimum Gasteiger partial charge on any atom is -0.377 e. The van der Waals surface area contributed by atoms with Crippen LogP contribution >= 0.6 is 0 Å². The Hall–Kier alpha value is -2.31. The van der Waals surface area contributed by atoms with E-state index >= 15 is 0 Å². The number of hydrogen-bond donors (Lipinski definition) is 0. The molecule has 0 aromatic heterocycles. The van der Waals surface area contributed by atoms with Crippen molar-refractivity contribution < 1.29 is 23.3 Å². The minimum atomic E-state index is -1.31. The first-order valence-corrected chi connectivity index (χ1v) is 7.50. The highest BCUT2D eigenvalue weighted by molar-refractivity contribution is 6.00. The number of carbonyl (C=O) groups is 1. The summed E-state index contributed by atoms with van der Waals surface area (Å²) in [4.78, 5) is 22.3. The van der Waals surface area contributed by atoms with E-state index in [-0.39, 0.29) is 23.1 Å². The molecule has 0 bridgehead atoms. The SMILES string of the molecule is C/C(=N\OC(=O)C1(C)CC(C(C)(C)C)=NO1)c1c(F)cccc1F. The molecular weight excluding hydrogens is 318 g/mol. The number of nitrogens with zero attached hydrogens (tertiary/aromatic N) is 2. The highest BCUT2D eigenvalue weighted by Crippen LogP contribution is 2.32. The molecule has 1 unspecified atom stereocenters. The molecule has 0 fully saturated rings. The highest BCUT2D eigenvalue weighted by Gasteiger charge is 2.46. The van der Waals surface area contributed by atoms with Crippen LogP contribution < -0.4 is 0 Å². The van der Waals surface area contributed by atoms with Crippen molar-refractivity contribution in [3.8, 4) is 0 Å². The Kier molecular flexibility index (Phi) is 4.73. The zero-order valence-electron chi connectivity index (χ0n) is 14.3. The van der Waals surface area contributed by atoms with E-state index in [0.717, 1.165) is 17.8 Å². The monoisotopic (exact) mass is 338 g/mol. The quantitative estimate of drug-likeness (QED) is 0.478. The second kappa shape index (κ2) is 6.30. The lowest BCUT2D eigenvalue weighted by Gasteiger charge is -2.20. The molecule has 5 nitrogen and oxygen atoms in total. The summed E-state index contributed by atoms with van der Waals surface area (Å²) in [6.45, 7) is 8.75. The van der Waals surface area contributed by atoms with E-state index in [1.807, 2.05) is 20.8 Å². The van der Waals surface area contributed by atoms with Gasteiger partial charge in [-0.05, 0) is 26.0 Å². The molecule has 1 atom stereocenters. The average Bonchev–Trinajstić information content (AvgIpc) is 2.88. The molecule has 0 radical (unpaired) electrons. The standard InChI is InChI=1S/C17H20F2N2O3/c1-10(14-11(18)7-6-8-12(14)19)20-23-15(22)17(5)9-13(21-24-17)16(2,3)4/h6-8H,9H2,1-5H3/b20-10+. The predicted octanol–water partition coefficient (Wildman–Crippen LogP) is 3.81. The summed E-state index contributed by atoms with van der Waals surface area (Å²) >= 11 is 0. The maximum absolute atomic E-state index is 13.7. The van der Waals surface area contributed by atoms with Crippen molar-refractivity contribution in [2.45, 2.75) is 46.6 Å². The van der Waals surface area contributed by atoms with Crippen LogP contribution in [0, 0.1) is 17.0 Å². The first-order chi connectivity index (χ1) is 11.0. The molecule has 0 aliphatic carbocycles. The summed E-state index contributed by atoms with van der Waals surface area (Å²) in [5.41, 5.74) is -1.25. The fourth-order valence-electron chi connectivity index (χ4n) is 2.15. The Bertz CT molecular complexity index is 703. The molecule has 2 rings (SSSR count). The van der Waals surface area contributed by atoms with Crippen molar-refractivity contribution in [3.05, 3.63) is 35.4 Å². The Balaban J connectivity index is 2.11. The van der Waals surface area contributed by atoms with Gasteiger partial charge >= 0.3 is 5.97 Å². The lowest BCUT2D eigenvalue weighted by Crippen LogP contribution is -2.37. The zero-order chi connectivity index (χ0) is 18.1. The van der Waals surface area contributed by atoms with Gasteiger partial charge in [-0.15, -0.1) is 0 Å². The Morgan fingerprint density at radius 1 is 1.33 bits per heavy atom. The predicted molar refractivity (Wildman–Crippen MR) is 85.7 cm³/mol. The van der Waals surface area contributed by atoms with Crippen molar-refractivity contribution in [3.63, 3.8) is 0 Å². The van der Waals surface area contributed by atoms with Crippen LogP contribution in [0.1, 0.15) is 46.6 Å². The molecule has 130 valence electrons. The van der Waals surface area contributed by atoms with Crippen molar-refractivity contribution in [2.75, 3.05) is 0 Å². The van der Waals surface area contributed by atoms with Gasteiger partial charge in [-0.2, -0.15) is 0 Å². The van der Waals surface area contributed by atoms with Crippen LogP contribution in [0.2, 0.25) is 0 Å². The number of halogens is 2. The van der Waals surface area contributed by atoms with Gasteiger partial charge in [-0.25, -0.2) is 13.6 Å². The van der Waals surface area contributed by atoms with Crippen molar-refractivity contribution >= 4 is 17.4 Å². The van der Waals surface area contributed by atoms with Crippen LogP contribution in [-0.4, -0.2) is 23.0 Å². The van der Waals surface area contributed by atoms with E-state index in [1.165, 1.54) is 19.9 Å². The molecule has 0 amide bonds. The van der Waals surface area contributed by atoms with Crippen LogP contribution in [0.4, 0.5) is 8.78 Å². The summed E-state index contributed by atoms with van der Waals surface area (Å²) in [5.74, 6) is -2.34. The first kappa shape index (κ1) is 18.0. The normalized spacial score (nSPS) is 21.3. The lowest BCUT2D eigenvalue weighted by atomic mass is 9.84. The van der Waals surface area contributed by atoms with Crippen molar-refractivity contribution in [1.29, 1.82) is 0 Å². The van der Waals surface area contributed by atoms with Gasteiger partial charge in [0.05, 0.1) is 17.0 Å². The third-order valence-electron chi connectivity index (χ3n) is 3.75. The molecule has 0 N–H and O–H groups in total. The van der Waals surface area contributed by atoms with Crippen LogP contribution in [0.3, 0.4) is 0 Å². The van der Waals surface area contributed by atoms with Crippen molar-refractivity contribution in [2.24, 2.45) is 15.7 Å². The molecule has 24 heavy (non-hydrogen) atoms. The smallest absolute Gasteiger partial charge is 0.377 e. The van der Waals surface area contributed by atoms with Crippen molar-refractivity contribution in [1.82, 2.24) is 0 Å². The molecule has 1 aliphatic rings. The van der Waals surface area contributed by atoms with Gasteiger partial charge in [0, 0.05) is 11.8 Å².